The van der Waals surface area contributed by atoms with Gasteiger partial charge in [0.1, 0.15) is 0 Å². The molecule has 0 atom stereocenters. The zero-order valence-corrected chi connectivity index (χ0v) is 12.1. The van der Waals surface area contributed by atoms with Gasteiger partial charge >= 0.3 is 0 Å². The largest absolute Gasteiger partial charge is 0.0836 e. The lowest BCUT2D eigenvalue weighted by Crippen LogP contribution is -1.83. The third-order valence-corrected chi connectivity index (χ3v) is 4.22. The molecule has 0 aliphatic carbocycles. The molecule has 4 aromatic rings. The summed E-state index contributed by atoms with van der Waals surface area (Å²) in [5.41, 5.74) is 2.39. The molecular formula is C20H13Cl. The maximum Gasteiger partial charge on any atom is 0.0490 e. The van der Waals surface area contributed by atoms with Gasteiger partial charge in [0.2, 0.25) is 0 Å². The number of fused-ring (bicyclic) bond motifs is 2. The first-order valence-corrected chi connectivity index (χ1v) is 7.37. The second kappa shape index (κ2) is 4.91. The van der Waals surface area contributed by atoms with Gasteiger partial charge in [-0.3, -0.25) is 0 Å². The normalized spacial score (nSPS) is 11.1. The zero-order chi connectivity index (χ0) is 14.2. The molecule has 0 aromatic heterocycles. The van der Waals surface area contributed by atoms with Crippen LogP contribution in [0.4, 0.5) is 0 Å². The summed E-state index contributed by atoms with van der Waals surface area (Å²) >= 11 is 6.46. The first-order valence-electron chi connectivity index (χ1n) is 6.99. The van der Waals surface area contributed by atoms with Crippen molar-refractivity contribution < 1.29 is 0 Å². The van der Waals surface area contributed by atoms with Crippen LogP contribution in [-0.2, 0) is 0 Å². The molecule has 0 saturated carbocycles. The maximum absolute atomic E-state index is 6.46. The quantitative estimate of drug-likeness (QED) is 0.385. The summed E-state index contributed by atoms with van der Waals surface area (Å²) in [6, 6.07) is 27.3. The van der Waals surface area contributed by atoms with Crippen molar-refractivity contribution in [2.75, 3.05) is 0 Å². The highest BCUT2D eigenvalue weighted by Gasteiger charge is 2.07. The van der Waals surface area contributed by atoms with Crippen LogP contribution in [0.25, 0.3) is 32.7 Å². The van der Waals surface area contributed by atoms with Crippen molar-refractivity contribution in [3.63, 3.8) is 0 Å². The van der Waals surface area contributed by atoms with Crippen molar-refractivity contribution in [1.29, 1.82) is 0 Å². The molecule has 0 fully saturated rings. The molecule has 0 bridgehead atoms. The van der Waals surface area contributed by atoms with Crippen LogP contribution >= 0.6 is 11.6 Å². The van der Waals surface area contributed by atoms with Gasteiger partial charge in [-0.15, -0.1) is 0 Å². The highest BCUT2D eigenvalue weighted by atomic mass is 35.5. The van der Waals surface area contributed by atoms with Crippen molar-refractivity contribution in [2.45, 2.75) is 0 Å². The van der Waals surface area contributed by atoms with E-state index in [9.17, 15) is 0 Å². The third-order valence-electron chi connectivity index (χ3n) is 3.91. The Kier molecular flexibility index (Phi) is 2.90. The first kappa shape index (κ1) is 12.4. The van der Waals surface area contributed by atoms with Gasteiger partial charge in [0.25, 0.3) is 0 Å². The minimum absolute atomic E-state index is 0.802. The highest BCUT2D eigenvalue weighted by molar-refractivity contribution is 6.36. The molecule has 0 spiro atoms. The lowest BCUT2D eigenvalue weighted by Gasteiger charge is -2.09. The Morgan fingerprint density at radius 1 is 0.571 bits per heavy atom. The number of benzene rings is 4. The average molecular weight is 289 g/mol. The van der Waals surface area contributed by atoms with Crippen LogP contribution in [0, 0.1) is 0 Å². The summed E-state index contributed by atoms with van der Waals surface area (Å²) in [6.45, 7) is 0. The molecule has 4 rings (SSSR count). The Morgan fingerprint density at radius 2 is 1.24 bits per heavy atom. The molecular weight excluding hydrogens is 276 g/mol. The molecule has 4 aromatic carbocycles. The summed E-state index contributed by atoms with van der Waals surface area (Å²) in [5.74, 6) is 0. The molecule has 0 unspecified atom stereocenters. The van der Waals surface area contributed by atoms with Crippen molar-refractivity contribution in [3.8, 4) is 11.1 Å². The van der Waals surface area contributed by atoms with Gasteiger partial charge in [0.15, 0.2) is 0 Å². The van der Waals surface area contributed by atoms with E-state index >= 15 is 0 Å². The Hall–Kier alpha value is -2.31. The van der Waals surface area contributed by atoms with Gasteiger partial charge in [-0.25, -0.2) is 0 Å². The Balaban J connectivity index is 2.05. The van der Waals surface area contributed by atoms with Crippen LogP contribution in [0.5, 0.6) is 0 Å². The van der Waals surface area contributed by atoms with Crippen molar-refractivity contribution in [1.82, 2.24) is 0 Å². The van der Waals surface area contributed by atoms with E-state index in [2.05, 4.69) is 66.7 Å². The number of hydrogen-bond acceptors (Lipinski definition) is 0. The van der Waals surface area contributed by atoms with Gasteiger partial charge in [0.05, 0.1) is 0 Å². The Labute approximate surface area is 128 Å². The van der Waals surface area contributed by atoms with Gasteiger partial charge in [-0.1, -0.05) is 78.3 Å². The molecule has 1 heteroatoms. The maximum atomic E-state index is 6.46. The molecule has 100 valence electrons. The van der Waals surface area contributed by atoms with Crippen LogP contribution in [0.2, 0.25) is 5.02 Å². The summed E-state index contributed by atoms with van der Waals surface area (Å²) < 4.78 is 0. The molecule has 0 N–H and O–H groups in total. The molecule has 21 heavy (non-hydrogen) atoms. The van der Waals surface area contributed by atoms with E-state index in [4.69, 9.17) is 11.6 Å². The van der Waals surface area contributed by atoms with E-state index in [1.165, 1.54) is 21.7 Å². The zero-order valence-electron chi connectivity index (χ0n) is 11.4. The third kappa shape index (κ3) is 2.09. The van der Waals surface area contributed by atoms with Gasteiger partial charge in [0, 0.05) is 10.4 Å². The van der Waals surface area contributed by atoms with E-state index in [1.807, 2.05) is 12.1 Å². The van der Waals surface area contributed by atoms with E-state index in [0.29, 0.717) is 0 Å². The first-order chi connectivity index (χ1) is 10.3. The van der Waals surface area contributed by atoms with Crippen molar-refractivity contribution in [3.05, 3.63) is 83.9 Å². The molecule has 0 radical (unpaired) electrons. The minimum Gasteiger partial charge on any atom is -0.0836 e. The number of hydrogen-bond donors (Lipinski definition) is 0. The number of halogens is 1. The predicted molar refractivity (Wildman–Crippen MR) is 91.9 cm³/mol. The summed E-state index contributed by atoms with van der Waals surface area (Å²) in [7, 11) is 0. The van der Waals surface area contributed by atoms with Gasteiger partial charge in [-0.2, -0.15) is 0 Å². The standard InChI is InChI=1S/C20H13Cl/c21-20-13-16(12-15-7-2-4-10-19(15)20)18-11-5-8-14-6-1-3-9-17(14)18/h1-13H. The monoisotopic (exact) mass is 288 g/mol. The van der Waals surface area contributed by atoms with Crippen LogP contribution in [-0.4, -0.2) is 0 Å². The lowest BCUT2D eigenvalue weighted by molar-refractivity contribution is 1.68. The second-order valence-corrected chi connectivity index (χ2v) is 5.61. The number of rotatable bonds is 1. The molecule has 0 nitrogen and oxygen atoms in total. The predicted octanol–water partition coefficient (Wildman–Crippen LogP) is 6.31. The summed E-state index contributed by atoms with van der Waals surface area (Å²) in [4.78, 5) is 0. The van der Waals surface area contributed by atoms with Crippen molar-refractivity contribution >= 4 is 33.1 Å². The summed E-state index contributed by atoms with van der Waals surface area (Å²) in [5, 5.41) is 5.58. The Bertz CT molecular complexity index is 949. The second-order valence-electron chi connectivity index (χ2n) is 5.21. The molecule has 0 heterocycles. The van der Waals surface area contributed by atoms with Crippen LogP contribution in [0.3, 0.4) is 0 Å². The fourth-order valence-corrected chi connectivity index (χ4v) is 3.19. The van der Waals surface area contributed by atoms with Crippen molar-refractivity contribution in [2.24, 2.45) is 0 Å². The molecule has 0 amide bonds. The lowest BCUT2D eigenvalue weighted by atomic mass is 9.96. The fraction of sp³-hybridized carbons (Fsp3) is 0. The van der Waals surface area contributed by atoms with E-state index in [1.54, 1.807) is 0 Å². The highest BCUT2D eigenvalue weighted by Crippen LogP contribution is 2.34. The Morgan fingerprint density at radius 3 is 2.10 bits per heavy atom. The minimum atomic E-state index is 0.802. The molecule has 0 aliphatic heterocycles. The van der Waals surface area contributed by atoms with Crippen LogP contribution < -0.4 is 0 Å². The smallest absolute Gasteiger partial charge is 0.0490 e. The molecule has 0 saturated heterocycles. The van der Waals surface area contributed by atoms with E-state index in [-0.39, 0.29) is 0 Å². The summed E-state index contributed by atoms with van der Waals surface area (Å²) in [6.07, 6.45) is 0. The van der Waals surface area contributed by atoms with Crippen LogP contribution in [0.1, 0.15) is 0 Å². The van der Waals surface area contributed by atoms with Gasteiger partial charge in [-0.05, 0) is 39.4 Å². The topological polar surface area (TPSA) is 0 Å². The van der Waals surface area contributed by atoms with E-state index in [0.717, 1.165) is 16.0 Å². The fourth-order valence-electron chi connectivity index (χ4n) is 2.90. The average Bonchev–Trinajstić information content (AvgIpc) is 2.54. The molecule has 0 aliphatic rings. The SMILES string of the molecule is Clc1cc(-c2cccc3ccccc23)cc2ccccc12. The van der Waals surface area contributed by atoms with Gasteiger partial charge < -0.3 is 0 Å². The van der Waals surface area contributed by atoms with Crippen LogP contribution in [0.15, 0.2) is 78.9 Å². The van der Waals surface area contributed by atoms with E-state index < -0.39 is 0 Å².